The Morgan fingerprint density at radius 2 is 1.28 bits per heavy atom. The van der Waals surface area contributed by atoms with Crippen molar-refractivity contribution in [3.63, 3.8) is 0 Å². The molecule has 0 fully saturated rings. The third-order valence-corrected chi connectivity index (χ3v) is 3.45. The zero-order valence-electron chi connectivity index (χ0n) is 10.2. The lowest BCUT2D eigenvalue weighted by molar-refractivity contribution is 0.182. The molecule has 0 radical (unpaired) electrons. The molecule has 1 atom stereocenters. The highest BCUT2D eigenvalue weighted by atomic mass is 35.5. The highest BCUT2D eigenvalue weighted by Gasteiger charge is 2.17. The van der Waals surface area contributed by atoms with Crippen molar-refractivity contribution in [2.45, 2.75) is 18.4 Å². The average molecular weight is 261 g/mol. The van der Waals surface area contributed by atoms with Crippen molar-refractivity contribution in [2.24, 2.45) is 0 Å². The lowest BCUT2D eigenvalue weighted by Gasteiger charge is -2.20. The normalized spacial score (nSPS) is 12.6. The summed E-state index contributed by atoms with van der Waals surface area (Å²) in [4.78, 5) is 0. The second-order valence-corrected chi connectivity index (χ2v) is 4.73. The van der Waals surface area contributed by atoms with Crippen molar-refractivity contribution in [3.05, 3.63) is 71.8 Å². The van der Waals surface area contributed by atoms with Gasteiger partial charge in [-0.1, -0.05) is 60.7 Å². The van der Waals surface area contributed by atoms with Gasteiger partial charge in [-0.3, -0.25) is 0 Å². The van der Waals surface area contributed by atoms with Gasteiger partial charge in [0.2, 0.25) is 0 Å². The summed E-state index contributed by atoms with van der Waals surface area (Å²) < 4.78 is 0. The first kappa shape index (κ1) is 13.1. The monoisotopic (exact) mass is 260 g/mol. The van der Waals surface area contributed by atoms with Crippen LogP contribution in [0.3, 0.4) is 0 Å². The number of aliphatic hydroxyl groups excluding tert-OH is 1. The Morgan fingerprint density at radius 3 is 1.67 bits per heavy atom. The molecule has 0 aliphatic carbocycles. The summed E-state index contributed by atoms with van der Waals surface area (Å²) in [6, 6.07) is 20.5. The molecule has 0 bridgehead atoms. The van der Waals surface area contributed by atoms with Crippen LogP contribution in [-0.4, -0.2) is 17.1 Å². The van der Waals surface area contributed by atoms with E-state index in [1.165, 1.54) is 11.1 Å². The molecule has 0 saturated heterocycles. The summed E-state index contributed by atoms with van der Waals surface area (Å²) in [5.41, 5.74) is 2.43. The van der Waals surface area contributed by atoms with Gasteiger partial charge >= 0.3 is 0 Å². The van der Waals surface area contributed by atoms with Crippen LogP contribution in [0.2, 0.25) is 0 Å². The Labute approximate surface area is 113 Å². The minimum absolute atomic E-state index is 0.196. The number of alkyl halides is 1. The van der Waals surface area contributed by atoms with Gasteiger partial charge < -0.3 is 5.11 Å². The van der Waals surface area contributed by atoms with E-state index in [9.17, 15) is 5.11 Å². The molecule has 0 aromatic heterocycles. The molecule has 1 unspecified atom stereocenters. The van der Waals surface area contributed by atoms with Gasteiger partial charge in [-0.2, -0.15) is 0 Å². The Balaban J connectivity index is 2.29. The zero-order valence-corrected chi connectivity index (χ0v) is 10.9. The third kappa shape index (κ3) is 3.34. The topological polar surface area (TPSA) is 20.2 Å². The predicted molar refractivity (Wildman–Crippen MR) is 76.1 cm³/mol. The minimum Gasteiger partial charge on any atom is -0.392 e. The molecule has 2 aromatic carbocycles. The smallest absolute Gasteiger partial charge is 0.0684 e. The van der Waals surface area contributed by atoms with Crippen LogP contribution in [0.4, 0.5) is 0 Å². The molecule has 0 heterocycles. The molecule has 2 heteroatoms. The van der Waals surface area contributed by atoms with E-state index in [1.54, 1.807) is 0 Å². The van der Waals surface area contributed by atoms with Gasteiger partial charge in [-0.15, -0.1) is 11.6 Å². The molecule has 0 aliphatic heterocycles. The van der Waals surface area contributed by atoms with Crippen LogP contribution in [0, 0.1) is 0 Å². The molecule has 1 N–H and O–H groups in total. The summed E-state index contributed by atoms with van der Waals surface area (Å²) >= 11 is 5.72. The summed E-state index contributed by atoms with van der Waals surface area (Å²) in [7, 11) is 0. The molecule has 0 saturated carbocycles. The molecule has 0 amide bonds. The van der Waals surface area contributed by atoms with E-state index in [4.69, 9.17) is 11.6 Å². The number of benzene rings is 2. The molecule has 0 spiro atoms. The van der Waals surface area contributed by atoms with Crippen molar-refractivity contribution >= 4 is 11.6 Å². The molecule has 2 rings (SSSR count). The summed E-state index contributed by atoms with van der Waals surface area (Å²) in [6.07, 6.45) is 0.175. The maximum Gasteiger partial charge on any atom is 0.0684 e. The van der Waals surface area contributed by atoms with Crippen molar-refractivity contribution in [1.29, 1.82) is 0 Å². The largest absolute Gasteiger partial charge is 0.392 e. The average Bonchev–Trinajstić information content (AvgIpc) is 2.46. The number of aliphatic hydroxyl groups is 1. The number of hydrogen-bond acceptors (Lipinski definition) is 1. The van der Waals surface area contributed by atoms with Crippen molar-refractivity contribution in [1.82, 2.24) is 0 Å². The molecule has 1 nitrogen and oxygen atoms in total. The van der Waals surface area contributed by atoms with Gasteiger partial charge in [0.25, 0.3) is 0 Å². The lowest BCUT2D eigenvalue weighted by atomic mass is 9.87. The fraction of sp³-hybridized carbons (Fsp3) is 0.250. The van der Waals surface area contributed by atoms with Crippen LogP contribution < -0.4 is 0 Å². The van der Waals surface area contributed by atoms with Gasteiger partial charge in [0.05, 0.1) is 6.10 Å². The van der Waals surface area contributed by atoms with Crippen LogP contribution >= 0.6 is 11.6 Å². The molecular formula is C16H17ClO. The van der Waals surface area contributed by atoms with Gasteiger partial charge in [0.1, 0.15) is 0 Å². The second kappa shape index (κ2) is 6.58. The van der Waals surface area contributed by atoms with Crippen LogP contribution in [0.1, 0.15) is 23.5 Å². The van der Waals surface area contributed by atoms with E-state index < -0.39 is 6.10 Å². The SMILES string of the molecule is OC(CCl)CC(c1ccccc1)c1ccccc1. The van der Waals surface area contributed by atoms with E-state index in [0.29, 0.717) is 6.42 Å². The van der Waals surface area contributed by atoms with E-state index in [-0.39, 0.29) is 11.8 Å². The van der Waals surface area contributed by atoms with Crippen LogP contribution in [0.5, 0.6) is 0 Å². The Bertz CT molecular complexity index is 416. The summed E-state index contributed by atoms with van der Waals surface area (Å²) in [5, 5.41) is 9.82. The van der Waals surface area contributed by atoms with Crippen molar-refractivity contribution < 1.29 is 5.11 Å². The number of halogens is 1. The first-order valence-electron chi connectivity index (χ1n) is 6.15. The predicted octanol–water partition coefficient (Wildman–Crippen LogP) is 3.81. The zero-order chi connectivity index (χ0) is 12.8. The standard InChI is InChI=1S/C16H17ClO/c17-12-15(18)11-16(13-7-3-1-4-8-13)14-9-5-2-6-10-14/h1-10,15-16,18H,11-12H2. The van der Waals surface area contributed by atoms with Gasteiger partial charge in [0.15, 0.2) is 0 Å². The highest BCUT2D eigenvalue weighted by Crippen LogP contribution is 2.29. The van der Waals surface area contributed by atoms with Crippen molar-refractivity contribution in [3.8, 4) is 0 Å². The fourth-order valence-corrected chi connectivity index (χ4v) is 2.30. The van der Waals surface area contributed by atoms with Crippen molar-refractivity contribution in [2.75, 3.05) is 5.88 Å². The quantitative estimate of drug-likeness (QED) is 0.811. The van der Waals surface area contributed by atoms with E-state index in [1.807, 2.05) is 36.4 Å². The lowest BCUT2D eigenvalue weighted by Crippen LogP contribution is -2.14. The van der Waals surface area contributed by atoms with Gasteiger partial charge in [-0.25, -0.2) is 0 Å². The molecule has 94 valence electrons. The number of hydrogen-bond donors (Lipinski definition) is 1. The van der Waals surface area contributed by atoms with E-state index in [2.05, 4.69) is 24.3 Å². The van der Waals surface area contributed by atoms with E-state index >= 15 is 0 Å². The Morgan fingerprint density at radius 1 is 0.833 bits per heavy atom. The van der Waals surface area contributed by atoms with Crippen LogP contribution in [0.15, 0.2) is 60.7 Å². The summed E-state index contributed by atoms with van der Waals surface area (Å²) in [6.45, 7) is 0. The van der Waals surface area contributed by atoms with E-state index in [0.717, 1.165) is 0 Å². The highest BCUT2D eigenvalue weighted by molar-refractivity contribution is 6.18. The fourth-order valence-electron chi connectivity index (χ4n) is 2.17. The Kier molecular flexibility index (Phi) is 4.80. The first-order chi connectivity index (χ1) is 8.81. The molecule has 0 aliphatic rings. The first-order valence-corrected chi connectivity index (χ1v) is 6.68. The van der Waals surface area contributed by atoms with Crippen LogP contribution in [-0.2, 0) is 0 Å². The molecule has 18 heavy (non-hydrogen) atoms. The third-order valence-electron chi connectivity index (χ3n) is 3.09. The maximum absolute atomic E-state index is 9.82. The molecule has 2 aromatic rings. The maximum atomic E-state index is 9.82. The molecular weight excluding hydrogens is 244 g/mol. The van der Waals surface area contributed by atoms with Gasteiger partial charge in [0, 0.05) is 11.8 Å². The Hall–Kier alpha value is -1.31. The van der Waals surface area contributed by atoms with Crippen LogP contribution in [0.25, 0.3) is 0 Å². The second-order valence-electron chi connectivity index (χ2n) is 4.42. The summed E-state index contributed by atoms with van der Waals surface area (Å²) in [5.74, 6) is 0.469. The van der Waals surface area contributed by atoms with Gasteiger partial charge in [-0.05, 0) is 17.5 Å². The number of rotatable bonds is 5. The minimum atomic E-state index is -0.475.